The average Bonchev–Trinajstić information content (AvgIpc) is 2.96. The van der Waals surface area contributed by atoms with Crippen LogP contribution in [0, 0.1) is 0 Å². The number of nitrogens with one attached hydrogen (secondary N) is 1. The monoisotopic (exact) mass is 320 g/mol. The minimum Gasteiger partial charge on any atom is -0.299 e. The van der Waals surface area contributed by atoms with E-state index in [9.17, 15) is 18.0 Å². The molecule has 3 rings (SSSR count). The summed E-state index contributed by atoms with van der Waals surface area (Å²) < 4.78 is 40.0. The standard InChI is InChI=1S/C15H11F3N4O/c16-15(17,18)10-2-1-3-11(7-10)22-8-20-12-5-4-9(6-13(12)22)14(23)21-19/h1-8H,19H2,(H,21,23). The van der Waals surface area contributed by atoms with Crippen LogP contribution in [-0.2, 0) is 6.18 Å². The number of nitrogens with zero attached hydrogens (tertiary/aromatic N) is 2. The van der Waals surface area contributed by atoms with Crippen molar-refractivity contribution < 1.29 is 18.0 Å². The fraction of sp³-hybridized carbons (Fsp3) is 0.0667. The van der Waals surface area contributed by atoms with E-state index >= 15 is 0 Å². The Hall–Kier alpha value is -2.87. The average molecular weight is 320 g/mol. The molecule has 0 saturated heterocycles. The topological polar surface area (TPSA) is 72.9 Å². The Morgan fingerprint density at radius 1 is 1.17 bits per heavy atom. The lowest BCUT2D eigenvalue weighted by molar-refractivity contribution is -0.137. The number of benzene rings is 2. The van der Waals surface area contributed by atoms with Crippen LogP contribution in [0.1, 0.15) is 15.9 Å². The molecule has 0 aliphatic heterocycles. The highest BCUT2D eigenvalue weighted by Gasteiger charge is 2.30. The summed E-state index contributed by atoms with van der Waals surface area (Å²) in [5, 5.41) is 0. The van der Waals surface area contributed by atoms with E-state index in [4.69, 9.17) is 5.84 Å². The van der Waals surface area contributed by atoms with Gasteiger partial charge in [0.15, 0.2) is 0 Å². The Labute approximate surface area is 128 Å². The normalized spacial score (nSPS) is 11.7. The number of halogens is 3. The number of fused-ring (bicyclic) bond motifs is 1. The number of imidazole rings is 1. The van der Waals surface area contributed by atoms with Gasteiger partial charge in [-0.25, -0.2) is 10.8 Å². The fourth-order valence-electron chi connectivity index (χ4n) is 2.27. The van der Waals surface area contributed by atoms with Crippen molar-refractivity contribution in [3.05, 3.63) is 59.9 Å². The molecular weight excluding hydrogens is 309 g/mol. The van der Waals surface area contributed by atoms with Gasteiger partial charge in [-0.15, -0.1) is 0 Å². The summed E-state index contributed by atoms with van der Waals surface area (Å²) in [5.74, 6) is 4.60. The second-order valence-electron chi connectivity index (χ2n) is 4.84. The summed E-state index contributed by atoms with van der Waals surface area (Å²) in [6, 6.07) is 9.53. The van der Waals surface area contributed by atoms with Crippen molar-refractivity contribution in [3.8, 4) is 5.69 Å². The summed E-state index contributed by atoms with van der Waals surface area (Å²) in [7, 11) is 0. The van der Waals surface area contributed by atoms with Gasteiger partial charge in [0.05, 0.1) is 16.6 Å². The number of carbonyl (C=O) groups excluding carboxylic acids is 1. The first-order chi connectivity index (χ1) is 10.9. The Morgan fingerprint density at radius 3 is 2.65 bits per heavy atom. The van der Waals surface area contributed by atoms with Crippen molar-refractivity contribution in [2.75, 3.05) is 0 Å². The fourth-order valence-corrected chi connectivity index (χ4v) is 2.27. The molecule has 0 aliphatic rings. The van der Waals surface area contributed by atoms with Crippen LogP contribution in [-0.4, -0.2) is 15.5 Å². The molecule has 1 amide bonds. The van der Waals surface area contributed by atoms with E-state index in [1.165, 1.54) is 35.2 Å². The number of nitrogens with two attached hydrogens (primary N) is 1. The Bertz CT molecular complexity index is 886. The Morgan fingerprint density at radius 2 is 1.96 bits per heavy atom. The zero-order valence-corrected chi connectivity index (χ0v) is 11.6. The first-order valence-electron chi connectivity index (χ1n) is 6.56. The van der Waals surface area contributed by atoms with Gasteiger partial charge in [0, 0.05) is 11.3 Å². The molecule has 1 heterocycles. The summed E-state index contributed by atoms with van der Waals surface area (Å²) in [4.78, 5) is 15.7. The van der Waals surface area contributed by atoms with Gasteiger partial charge in [-0.2, -0.15) is 13.2 Å². The van der Waals surface area contributed by atoms with Crippen LogP contribution >= 0.6 is 0 Å². The molecule has 0 fully saturated rings. The number of carbonyl (C=O) groups is 1. The number of hydrogen-bond donors (Lipinski definition) is 2. The second-order valence-corrected chi connectivity index (χ2v) is 4.84. The third kappa shape index (κ3) is 2.76. The Kier molecular flexibility index (Phi) is 3.53. The zero-order valence-electron chi connectivity index (χ0n) is 11.6. The molecule has 0 atom stereocenters. The SMILES string of the molecule is NNC(=O)c1ccc2ncn(-c3cccc(C(F)(F)F)c3)c2c1. The van der Waals surface area contributed by atoms with Crippen LogP contribution in [0.25, 0.3) is 16.7 Å². The Balaban J connectivity index is 2.15. The molecule has 3 N–H and O–H groups in total. The highest BCUT2D eigenvalue weighted by atomic mass is 19.4. The number of nitrogen functional groups attached to an aromatic ring is 1. The van der Waals surface area contributed by atoms with Crippen LogP contribution in [0.5, 0.6) is 0 Å². The van der Waals surface area contributed by atoms with Crippen LogP contribution in [0.4, 0.5) is 13.2 Å². The summed E-state index contributed by atoms with van der Waals surface area (Å²) >= 11 is 0. The van der Waals surface area contributed by atoms with Crippen LogP contribution < -0.4 is 11.3 Å². The largest absolute Gasteiger partial charge is 0.416 e. The first kappa shape index (κ1) is 15.0. The molecule has 1 aromatic heterocycles. The highest BCUT2D eigenvalue weighted by molar-refractivity contribution is 5.97. The molecule has 0 unspecified atom stereocenters. The van der Waals surface area contributed by atoms with E-state index in [0.29, 0.717) is 16.7 Å². The van der Waals surface area contributed by atoms with Gasteiger partial charge >= 0.3 is 6.18 Å². The minimum atomic E-state index is -4.43. The maximum absolute atomic E-state index is 12.8. The van der Waals surface area contributed by atoms with Crippen LogP contribution in [0.2, 0.25) is 0 Å². The maximum atomic E-state index is 12.8. The number of amides is 1. The van der Waals surface area contributed by atoms with E-state index in [-0.39, 0.29) is 5.56 Å². The van der Waals surface area contributed by atoms with Gasteiger partial charge in [0.1, 0.15) is 6.33 Å². The number of alkyl halides is 3. The lowest BCUT2D eigenvalue weighted by Crippen LogP contribution is -2.29. The van der Waals surface area contributed by atoms with Crippen molar-refractivity contribution in [1.82, 2.24) is 15.0 Å². The molecule has 0 bridgehead atoms. The summed E-state index contributed by atoms with van der Waals surface area (Å²) in [6.45, 7) is 0. The molecule has 3 aromatic rings. The molecule has 5 nitrogen and oxygen atoms in total. The predicted octanol–water partition coefficient (Wildman–Crippen LogP) is 2.65. The van der Waals surface area contributed by atoms with E-state index in [2.05, 4.69) is 4.98 Å². The second kappa shape index (κ2) is 5.40. The van der Waals surface area contributed by atoms with Crippen LogP contribution in [0.3, 0.4) is 0 Å². The molecular formula is C15H11F3N4O. The highest BCUT2D eigenvalue weighted by Crippen LogP contribution is 2.31. The molecule has 23 heavy (non-hydrogen) atoms. The van der Waals surface area contributed by atoms with E-state index in [1.54, 1.807) is 6.07 Å². The molecule has 0 aliphatic carbocycles. The molecule has 0 spiro atoms. The maximum Gasteiger partial charge on any atom is 0.416 e. The van der Waals surface area contributed by atoms with E-state index in [1.807, 2.05) is 5.43 Å². The van der Waals surface area contributed by atoms with Crippen molar-refractivity contribution in [3.63, 3.8) is 0 Å². The van der Waals surface area contributed by atoms with Crippen molar-refractivity contribution >= 4 is 16.9 Å². The molecule has 118 valence electrons. The first-order valence-corrected chi connectivity index (χ1v) is 6.56. The predicted molar refractivity (Wildman–Crippen MR) is 77.7 cm³/mol. The number of hydrazine groups is 1. The zero-order chi connectivity index (χ0) is 16.6. The van der Waals surface area contributed by atoms with Gasteiger partial charge in [-0.1, -0.05) is 6.07 Å². The van der Waals surface area contributed by atoms with E-state index < -0.39 is 17.6 Å². The van der Waals surface area contributed by atoms with E-state index in [0.717, 1.165) is 12.1 Å². The van der Waals surface area contributed by atoms with Gasteiger partial charge in [-0.05, 0) is 36.4 Å². The quantitative estimate of drug-likeness (QED) is 0.433. The lowest BCUT2D eigenvalue weighted by Gasteiger charge is -2.10. The smallest absolute Gasteiger partial charge is 0.299 e. The molecule has 2 aromatic carbocycles. The summed E-state index contributed by atoms with van der Waals surface area (Å²) in [5.41, 5.74) is 2.89. The van der Waals surface area contributed by atoms with Crippen LogP contribution in [0.15, 0.2) is 48.8 Å². The number of rotatable bonds is 2. The van der Waals surface area contributed by atoms with Crippen molar-refractivity contribution in [2.45, 2.75) is 6.18 Å². The number of aromatic nitrogens is 2. The van der Waals surface area contributed by atoms with Gasteiger partial charge in [-0.3, -0.25) is 14.8 Å². The van der Waals surface area contributed by atoms with Gasteiger partial charge < -0.3 is 0 Å². The minimum absolute atomic E-state index is 0.286. The third-order valence-corrected chi connectivity index (χ3v) is 3.39. The lowest BCUT2D eigenvalue weighted by atomic mass is 10.1. The summed E-state index contributed by atoms with van der Waals surface area (Å²) in [6.07, 6.45) is -3.03. The third-order valence-electron chi connectivity index (χ3n) is 3.39. The van der Waals surface area contributed by atoms with Gasteiger partial charge in [0.25, 0.3) is 5.91 Å². The molecule has 0 radical (unpaired) electrons. The molecule has 8 heteroatoms. The number of hydrogen-bond acceptors (Lipinski definition) is 3. The molecule has 0 saturated carbocycles. The van der Waals surface area contributed by atoms with Gasteiger partial charge in [0.2, 0.25) is 0 Å². The van der Waals surface area contributed by atoms with Crippen molar-refractivity contribution in [1.29, 1.82) is 0 Å². The van der Waals surface area contributed by atoms with Crippen molar-refractivity contribution in [2.24, 2.45) is 5.84 Å².